The zero-order valence-corrected chi connectivity index (χ0v) is 9.75. The SMILES string of the molecule is NS(=O)(=O)c1ccc(C(F)(F)F)c(F)c1Br. The van der Waals surface area contributed by atoms with Gasteiger partial charge in [-0.2, -0.15) is 13.2 Å². The Balaban J connectivity index is 3.54. The second-order valence-corrected chi connectivity index (χ2v) is 5.10. The van der Waals surface area contributed by atoms with E-state index in [-0.39, 0.29) is 0 Å². The molecule has 0 fully saturated rings. The number of hydrogen-bond acceptors (Lipinski definition) is 2. The van der Waals surface area contributed by atoms with Crippen molar-refractivity contribution in [1.82, 2.24) is 0 Å². The van der Waals surface area contributed by atoms with Gasteiger partial charge in [-0.15, -0.1) is 0 Å². The minimum absolute atomic E-state index is 0.319. The third kappa shape index (κ3) is 2.53. The van der Waals surface area contributed by atoms with E-state index < -0.39 is 36.9 Å². The van der Waals surface area contributed by atoms with Gasteiger partial charge in [0.25, 0.3) is 0 Å². The summed E-state index contributed by atoms with van der Waals surface area (Å²) in [4.78, 5) is -0.738. The number of sulfonamides is 1. The summed E-state index contributed by atoms with van der Waals surface area (Å²) in [5.74, 6) is -1.71. The average molecular weight is 322 g/mol. The van der Waals surface area contributed by atoms with Crippen molar-refractivity contribution in [3.8, 4) is 0 Å². The largest absolute Gasteiger partial charge is 0.419 e. The van der Waals surface area contributed by atoms with Crippen LogP contribution in [0.15, 0.2) is 21.5 Å². The van der Waals surface area contributed by atoms with Gasteiger partial charge in [-0.25, -0.2) is 17.9 Å². The highest BCUT2D eigenvalue weighted by molar-refractivity contribution is 9.10. The van der Waals surface area contributed by atoms with Crippen LogP contribution in [0, 0.1) is 5.82 Å². The van der Waals surface area contributed by atoms with Crippen LogP contribution in [0.1, 0.15) is 5.56 Å². The minimum Gasteiger partial charge on any atom is -0.225 e. The van der Waals surface area contributed by atoms with Gasteiger partial charge in [-0.1, -0.05) is 0 Å². The fourth-order valence-corrected chi connectivity index (χ4v) is 2.59. The van der Waals surface area contributed by atoms with Crippen LogP contribution in [0.25, 0.3) is 0 Å². The number of primary sulfonamides is 1. The molecule has 90 valence electrons. The molecule has 0 saturated carbocycles. The highest BCUT2D eigenvalue weighted by atomic mass is 79.9. The van der Waals surface area contributed by atoms with Gasteiger partial charge in [0.1, 0.15) is 0 Å². The Morgan fingerprint density at radius 2 is 1.75 bits per heavy atom. The van der Waals surface area contributed by atoms with E-state index in [4.69, 9.17) is 0 Å². The van der Waals surface area contributed by atoms with Crippen LogP contribution < -0.4 is 5.14 Å². The molecule has 0 aliphatic carbocycles. The minimum atomic E-state index is -4.90. The fraction of sp³-hybridized carbons (Fsp3) is 0.143. The van der Waals surface area contributed by atoms with Crippen molar-refractivity contribution in [2.24, 2.45) is 5.14 Å². The van der Waals surface area contributed by atoms with Gasteiger partial charge >= 0.3 is 6.18 Å². The molecule has 0 bridgehead atoms. The van der Waals surface area contributed by atoms with Crippen molar-refractivity contribution < 1.29 is 26.0 Å². The van der Waals surface area contributed by atoms with Crippen LogP contribution in [-0.2, 0) is 16.2 Å². The second-order valence-electron chi connectivity index (χ2n) is 2.78. The topological polar surface area (TPSA) is 60.2 Å². The van der Waals surface area contributed by atoms with Crippen molar-refractivity contribution in [3.05, 3.63) is 28.0 Å². The molecular formula is C7H4BrF4NO2S. The maximum Gasteiger partial charge on any atom is 0.419 e. The Bertz CT molecular complexity index is 526. The number of halogens is 5. The van der Waals surface area contributed by atoms with Crippen molar-refractivity contribution in [2.45, 2.75) is 11.1 Å². The zero-order valence-electron chi connectivity index (χ0n) is 7.35. The third-order valence-electron chi connectivity index (χ3n) is 1.66. The van der Waals surface area contributed by atoms with Crippen molar-refractivity contribution >= 4 is 26.0 Å². The van der Waals surface area contributed by atoms with Gasteiger partial charge in [-0.05, 0) is 28.1 Å². The van der Waals surface area contributed by atoms with Crippen LogP contribution >= 0.6 is 15.9 Å². The monoisotopic (exact) mass is 321 g/mol. The molecule has 0 aliphatic rings. The molecule has 2 N–H and O–H groups in total. The van der Waals surface area contributed by atoms with E-state index in [1.807, 2.05) is 0 Å². The average Bonchev–Trinajstić information content (AvgIpc) is 2.05. The molecule has 1 aromatic rings. The van der Waals surface area contributed by atoms with E-state index in [2.05, 4.69) is 21.1 Å². The van der Waals surface area contributed by atoms with E-state index >= 15 is 0 Å². The summed E-state index contributed by atoms with van der Waals surface area (Å²) in [7, 11) is -4.27. The van der Waals surface area contributed by atoms with Crippen LogP contribution in [0.5, 0.6) is 0 Å². The van der Waals surface area contributed by atoms with E-state index in [1.165, 1.54) is 0 Å². The van der Waals surface area contributed by atoms with Crippen LogP contribution in [0.3, 0.4) is 0 Å². The molecule has 9 heteroatoms. The zero-order chi connectivity index (χ0) is 12.7. The summed E-state index contributed by atoms with van der Waals surface area (Å²) in [6.45, 7) is 0. The lowest BCUT2D eigenvalue weighted by Crippen LogP contribution is -2.16. The van der Waals surface area contributed by atoms with Gasteiger partial charge in [0.15, 0.2) is 5.82 Å². The molecule has 0 amide bonds. The van der Waals surface area contributed by atoms with Crippen molar-refractivity contribution in [1.29, 1.82) is 0 Å². The lowest BCUT2D eigenvalue weighted by molar-refractivity contribution is -0.140. The lowest BCUT2D eigenvalue weighted by atomic mass is 10.2. The molecule has 0 radical (unpaired) electrons. The molecule has 0 unspecified atom stereocenters. The summed E-state index contributed by atoms with van der Waals surface area (Å²) >= 11 is 2.43. The van der Waals surface area contributed by atoms with Crippen LogP contribution in [0.4, 0.5) is 17.6 Å². The van der Waals surface area contributed by atoms with E-state index in [0.717, 1.165) is 0 Å². The summed E-state index contributed by atoms with van der Waals surface area (Å²) in [5.41, 5.74) is -1.56. The molecule has 0 atom stereocenters. The predicted octanol–water partition coefficient (Wildman–Crippen LogP) is 2.25. The Kier molecular flexibility index (Phi) is 3.32. The second kappa shape index (κ2) is 3.97. The van der Waals surface area contributed by atoms with E-state index in [0.29, 0.717) is 12.1 Å². The fourth-order valence-electron chi connectivity index (χ4n) is 0.970. The quantitative estimate of drug-likeness (QED) is 0.806. The van der Waals surface area contributed by atoms with Gasteiger partial charge in [-0.3, -0.25) is 0 Å². The summed E-state index contributed by atoms with van der Waals surface area (Å²) in [6, 6.07) is 0.908. The molecule has 0 aromatic heterocycles. The molecule has 0 heterocycles. The first kappa shape index (κ1) is 13.4. The summed E-state index contributed by atoms with van der Waals surface area (Å²) in [5, 5.41) is 4.68. The smallest absolute Gasteiger partial charge is 0.225 e. The van der Waals surface area contributed by atoms with Gasteiger partial charge in [0.05, 0.1) is 14.9 Å². The number of nitrogens with two attached hydrogens (primary N) is 1. The third-order valence-corrected chi connectivity index (χ3v) is 3.65. The molecule has 0 aliphatic heterocycles. The Hall–Kier alpha value is -0.670. The molecule has 1 aromatic carbocycles. The first-order valence-electron chi connectivity index (χ1n) is 3.63. The maximum absolute atomic E-state index is 13.2. The molecule has 3 nitrogen and oxygen atoms in total. The number of rotatable bonds is 1. The van der Waals surface area contributed by atoms with E-state index in [1.54, 1.807) is 0 Å². The van der Waals surface area contributed by atoms with Crippen LogP contribution in [-0.4, -0.2) is 8.42 Å². The van der Waals surface area contributed by atoms with Gasteiger partial charge in [0, 0.05) is 0 Å². The Labute approximate surface area is 96.4 Å². The first-order chi connectivity index (χ1) is 7.05. The molecule has 0 spiro atoms. The Morgan fingerprint density at radius 3 is 2.12 bits per heavy atom. The first-order valence-corrected chi connectivity index (χ1v) is 5.97. The number of alkyl halides is 3. The molecule has 0 saturated heterocycles. The molecule has 16 heavy (non-hydrogen) atoms. The van der Waals surface area contributed by atoms with Crippen molar-refractivity contribution in [3.63, 3.8) is 0 Å². The van der Waals surface area contributed by atoms with Gasteiger partial charge in [0.2, 0.25) is 10.0 Å². The van der Waals surface area contributed by atoms with Crippen molar-refractivity contribution in [2.75, 3.05) is 0 Å². The normalized spacial score (nSPS) is 12.9. The van der Waals surface area contributed by atoms with Gasteiger partial charge < -0.3 is 0 Å². The van der Waals surface area contributed by atoms with E-state index in [9.17, 15) is 26.0 Å². The standard InChI is InChI=1S/C7H4BrF4NO2S/c8-5-4(16(13,14)15)2-1-3(6(5)9)7(10,11)12/h1-2H,(H2,13,14,15). The lowest BCUT2D eigenvalue weighted by Gasteiger charge is -2.10. The maximum atomic E-state index is 13.2. The Morgan fingerprint density at radius 1 is 1.25 bits per heavy atom. The highest BCUT2D eigenvalue weighted by Gasteiger charge is 2.36. The number of hydrogen-bond donors (Lipinski definition) is 1. The number of benzene rings is 1. The summed E-state index contributed by atoms with van der Waals surface area (Å²) < 4.78 is 70.8. The molecular weight excluding hydrogens is 318 g/mol. The highest BCUT2D eigenvalue weighted by Crippen LogP contribution is 2.36. The summed E-state index contributed by atoms with van der Waals surface area (Å²) in [6.07, 6.45) is -4.90. The molecule has 1 rings (SSSR count). The predicted molar refractivity (Wildman–Crippen MR) is 50.5 cm³/mol. The van der Waals surface area contributed by atoms with Crippen LogP contribution in [0.2, 0.25) is 0 Å².